The summed E-state index contributed by atoms with van der Waals surface area (Å²) in [5.41, 5.74) is 3.45. The third-order valence-electron chi connectivity index (χ3n) is 5.58. The van der Waals surface area contributed by atoms with Crippen LogP contribution in [0.2, 0.25) is 0 Å². The predicted molar refractivity (Wildman–Crippen MR) is 117 cm³/mol. The highest BCUT2D eigenvalue weighted by atomic mass is 32.2. The summed E-state index contributed by atoms with van der Waals surface area (Å²) in [5, 5.41) is 3.28. The summed E-state index contributed by atoms with van der Waals surface area (Å²) in [5.74, 6) is 0.759. The zero-order valence-corrected chi connectivity index (χ0v) is 18.3. The average molecular weight is 428 g/mol. The number of hydrogen-bond donors (Lipinski definition) is 1. The molecule has 1 aromatic carbocycles. The van der Waals surface area contributed by atoms with Crippen molar-refractivity contribution in [1.29, 1.82) is 0 Å². The molecule has 1 aliphatic carbocycles. The minimum absolute atomic E-state index is 0.237. The van der Waals surface area contributed by atoms with Gasteiger partial charge in [0.25, 0.3) is 5.91 Å². The molecular formula is C22H25N3O4S. The van der Waals surface area contributed by atoms with Crippen LogP contribution in [-0.4, -0.2) is 39.7 Å². The highest BCUT2D eigenvalue weighted by Crippen LogP contribution is 2.46. The normalized spacial score (nSPS) is 14.1. The van der Waals surface area contributed by atoms with E-state index in [1.165, 1.54) is 16.9 Å². The number of benzene rings is 1. The molecule has 2 aromatic heterocycles. The Morgan fingerprint density at radius 1 is 1.27 bits per heavy atom. The van der Waals surface area contributed by atoms with Gasteiger partial charge in [-0.25, -0.2) is 8.42 Å². The van der Waals surface area contributed by atoms with Crippen molar-refractivity contribution in [3.05, 3.63) is 47.0 Å². The fourth-order valence-corrected chi connectivity index (χ4v) is 4.04. The van der Waals surface area contributed by atoms with Crippen LogP contribution in [0.5, 0.6) is 0 Å². The predicted octanol–water partition coefficient (Wildman–Crippen LogP) is 3.69. The van der Waals surface area contributed by atoms with Gasteiger partial charge in [0.1, 0.15) is 11.6 Å². The van der Waals surface area contributed by atoms with E-state index < -0.39 is 10.0 Å². The van der Waals surface area contributed by atoms with Crippen LogP contribution in [0.25, 0.3) is 22.4 Å². The molecule has 8 heteroatoms. The number of aryl methyl sites for hydroxylation is 1. The second-order valence-corrected chi connectivity index (χ2v) is 9.71. The Morgan fingerprint density at radius 3 is 2.47 bits per heavy atom. The van der Waals surface area contributed by atoms with Crippen molar-refractivity contribution in [3.63, 3.8) is 0 Å². The number of fused-ring (bicyclic) bond motifs is 1. The van der Waals surface area contributed by atoms with E-state index in [4.69, 9.17) is 4.42 Å². The van der Waals surface area contributed by atoms with E-state index in [1.807, 2.05) is 30.3 Å². The van der Waals surface area contributed by atoms with Crippen LogP contribution >= 0.6 is 0 Å². The first-order valence-corrected chi connectivity index (χ1v) is 11.8. The van der Waals surface area contributed by atoms with E-state index in [0.717, 1.165) is 36.6 Å². The van der Waals surface area contributed by atoms with E-state index in [0.29, 0.717) is 22.5 Å². The molecule has 1 amide bonds. The lowest BCUT2D eigenvalue weighted by Gasteiger charge is -2.18. The fraction of sp³-hybridized carbons (Fsp3) is 0.364. The van der Waals surface area contributed by atoms with Gasteiger partial charge in [-0.15, -0.1) is 0 Å². The lowest BCUT2D eigenvalue weighted by molar-refractivity contribution is 0.0964. The average Bonchev–Trinajstić information content (AvgIpc) is 3.51. The van der Waals surface area contributed by atoms with Gasteiger partial charge in [-0.05, 0) is 42.4 Å². The number of aromatic nitrogens is 1. The van der Waals surface area contributed by atoms with Gasteiger partial charge in [-0.2, -0.15) is 4.98 Å². The Balaban J connectivity index is 1.98. The first-order valence-electron chi connectivity index (χ1n) is 9.97. The molecule has 1 saturated carbocycles. The number of carbonyl (C=O) groups excluding carboxylic acids is 1. The highest BCUT2D eigenvalue weighted by molar-refractivity contribution is 7.92. The first kappa shape index (κ1) is 20.4. The Bertz CT molecular complexity index is 1230. The quantitative estimate of drug-likeness (QED) is 0.648. The Morgan fingerprint density at radius 2 is 1.93 bits per heavy atom. The van der Waals surface area contributed by atoms with Gasteiger partial charge >= 0.3 is 0 Å². The Kier molecular flexibility index (Phi) is 5.05. The number of rotatable bonds is 6. The number of anilines is 1. The van der Waals surface area contributed by atoms with Crippen LogP contribution in [0.15, 0.2) is 34.7 Å². The molecular weight excluding hydrogens is 402 g/mol. The zero-order valence-electron chi connectivity index (χ0n) is 17.5. The van der Waals surface area contributed by atoms with E-state index in [2.05, 4.69) is 17.2 Å². The Hall–Kier alpha value is -2.87. The van der Waals surface area contributed by atoms with Crippen molar-refractivity contribution in [1.82, 2.24) is 10.3 Å². The number of amides is 1. The summed E-state index contributed by atoms with van der Waals surface area (Å²) in [7, 11) is -0.423. The van der Waals surface area contributed by atoms with E-state index >= 15 is 0 Å². The summed E-state index contributed by atoms with van der Waals surface area (Å²) < 4.78 is 31.6. The van der Waals surface area contributed by atoms with Crippen molar-refractivity contribution < 1.29 is 17.6 Å². The summed E-state index contributed by atoms with van der Waals surface area (Å²) >= 11 is 0. The van der Waals surface area contributed by atoms with Crippen LogP contribution in [0.4, 0.5) is 5.82 Å². The summed E-state index contributed by atoms with van der Waals surface area (Å²) in [4.78, 5) is 17.3. The molecule has 0 radical (unpaired) electrons. The molecule has 0 saturated heterocycles. The maximum Gasteiger partial charge on any atom is 0.255 e. The van der Waals surface area contributed by atoms with E-state index in [1.54, 1.807) is 7.05 Å². The zero-order chi connectivity index (χ0) is 21.6. The molecule has 2 heterocycles. The number of nitrogens with zero attached hydrogens (tertiary/aromatic N) is 2. The van der Waals surface area contributed by atoms with Crippen molar-refractivity contribution in [2.75, 3.05) is 24.7 Å². The number of sulfonamides is 1. The summed E-state index contributed by atoms with van der Waals surface area (Å²) in [6, 6.07) is 9.72. The van der Waals surface area contributed by atoms with Crippen LogP contribution < -0.4 is 9.62 Å². The molecule has 0 unspecified atom stereocenters. The third-order valence-corrected chi connectivity index (χ3v) is 6.75. The van der Waals surface area contributed by atoms with E-state index in [9.17, 15) is 13.2 Å². The minimum atomic E-state index is -3.49. The number of nitrogens with one attached hydrogen (secondary N) is 1. The third kappa shape index (κ3) is 3.56. The summed E-state index contributed by atoms with van der Waals surface area (Å²) in [6.07, 6.45) is 4.00. The largest absolute Gasteiger partial charge is 0.437 e. The monoisotopic (exact) mass is 427 g/mol. The summed E-state index contributed by atoms with van der Waals surface area (Å²) in [6.45, 7) is 2.08. The second-order valence-electron chi connectivity index (χ2n) is 7.69. The van der Waals surface area contributed by atoms with E-state index in [-0.39, 0.29) is 17.5 Å². The fourth-order valence-electron chi connectivity index (χ4n) is 3.58. The van der Waals surface area contributed by atoms with Crippen molar-refractivity contribution >= 4 is 32.8 Å². The molecule has 1 N–H and O–H groups in total. The number of furan rings is 1. The van der Waals surface area contributed by atoms with Gasteiger partial charge in [0.15, 0.2) is 0 Å². The van der Waals surface area contributed by atoms with Gasteiger partial charge in [0.05, 0.1) is 17.2 Å². The van der Waals surface area contributed by atoms with Crippen LogP contribution in [0, 0.1) is 0 Å². The van der Waals surface area contributed by atoms with Crippen LogP contribution in [0.1, 0.15) is 47.2 Å². The smallest absolute Gasteiger partial charge is 0.255 e. The maximum atomic E-state index is 12.8. The molecule has 1 aliphatic rings. The maximum absolute atomic E-state index is 12.8. The SMILES string of the molecule is CCc1ccc(-c2oc3nc(N(C)S(C)(=O)=O)c(C4CC4)cc3c2C(=O)NC)cc1. The van der Waals surface area contributed by atoms with Gasteiger partial charge in [-0.3, -0.25) is 9.10 Å². The van der Waals surface area contributed by atoms with Crippen molar-refractivity contribution in [2.45, 2.75) is 32.1 Å². The molecule has 0 spiro atoms. The molecule has 0 bridgehead atoms. The number of hydrogen-bond acceptors (Lipinski definition) is 5. The van der Waals surface area contributed by atoms with Gasteiger partial charge in [0.2, 0.25) is 15.7 Å². The highest BCUT2D eigenvalue weighted by Gasteiger charge is 2.33. The molecule has 30 heavy (non-hydrogen) atoms. The van der Waals surface area contributed by atoms with Gasteiger partial charge in [0, 0.05) is 19.7 Å². The Labute approximate surface area is 176 Å². The molecule has 158 valence electrons. The standard InChI is InChI=1S/C22H25N3O4S/c1-5-13-6-8-15(9-7-13)19-18(21(26)23-2)17-12-16(14-10-11-14)20(24-22(17)29-19)25(3)30(4,27)28/h6-9,12,14H,5,10-11H2,1-4H3,(H,23,26). The van der Waals surface area contributed by atoms with Crippen molar-refractivity contribution in [2.24, 2.45) is 0 Å². The lowest BCUT2D eigenvalue weighted by Crippen LogP contribution is -2.27. The van der Waals surface area contributed by atoms with Gasteiger partial charge < -0.3 is 9.73 Å². The molecule has 0 aliphatic heterocycles. The molecule has 4 rings (SSSR count). The second kappa shape index (κ2) is 7.43. The molecule has 1 fully saturated rings. The number of pyridine rings is 1. The molecule has 3 aromatic rings. The van der Waals surface area contributed by atoms with Crippen molar-refractivity contribution in [3.8, 4) is 11.3 Å². The van der Waals surface area contributed by atoms with Crippen LogP contribution in [0.3, 0.4) is 0 Å². The number of carbonyl (C=O) groups is 1. The van der Waals surface area contributed by atoms with Crippen LogP contribution in [-0.2, 0) is 16.4 Å². The molecule has 0 atom stereocenters. The topological polar surface area (TPSA) is 92.5 Å². The first-order chi connectivity index (χ1) is 14.2. The minimum Gasteiger partial charge on any atom is -0.437 e. The lowest BCUT2D eigenvalue weighted by atomic mass is 10.0. The molecule has 7 nitrogen and oxygen atoms in total. The van der Waals surface area contributed by atoms with Gasteiger partial charge in [-0.1, -0.05) is 31.2 Å².